The molecule has 6 aromatic rings. The molecular weight excluding hydrogens is 550 g/mol. The summed E-state index contributed by atoms with van der Waals surface area (Å²) in [7, 11) is 9.87. The van der Waals surface area contributed by atoms with Gasteiger partial charge in [-0.05, 0) is 47.5 Å². The molecule has 2 N–H and O–H groups in total. The number of nitrogens with one attached hydrogen (secondary N) is 2. The van der Waals surface area contributed by atoms with Crippen LogP contribution in [0.4, 0.5) is 0 Å². The second kappa shape index (κ2) is 9.82. The van der Waals surface area contributed by atoms with Gasteiger partial charge in [0.1, 0.15) is 0 Å². The maximum atomic E-state index is 4.93. The number of benzene rings is 4. The van der Waals surface area contributed by atoms with Crippen LogP contribution in [0.2, 0.25) is 0 Å². The van der Waals surface area contributed by atoms with Crippen molar-refractivity contribution in [2.45, 2.75) is 12.8 Å². The van der Waals surface area contributed by atoms with Gasteiger partial charge in [0.25, 0.3) is 0 Å². The van der Waals surface area contributed by atoms with Gasteiger partial charge in [-0.15, -0.1) is 22.3 Å². The van der Waals surface area contributed by atoms with E-state index in [0.717, 1.165) is 12.8 Å². The molecule has 0 radical (unpaired) electrons. The molecule has 0 atom stereocenters. The second-order valence-corrected chi connectivity index (χ2v) is 12.3. The Morgan fingerprint density at radius 3 is 1.49 bits per heavy atom. The fraction of sp³-hybridized carbons (Fsp3) is 0.0667. The Morgan fingerprint density at radius 1 is 0.600 bits per heavy atom. The first kappa shape index (κ1) is 22.9. The smallest absolute Gasteiger partial charge is 0.0453 e. The SMILES string of the molecule is [Cl][Zr+2][Cl].[c-]1cccc2c1Cc1c-2[nH]c2ccccc12.[c-]1cccc2c1Cc1c-2[nH]c2ccccc12. The third kappa shape index (κ3) is 4.10. The van der Waals surface area contributed by atoms with Crippen LogP contribution in [-0.2, 0) is 33.7 Å². The maximum Gasteiger partial charge on any atom is 0.0453 e. The fourth-order valence-electron chi connectivity index (χ4n) is 5.28. The molecule has 0 amide bonds. The van der Waals surface area contributed by atoms with E-state index in [0.29, 0.717) is 0 Å². The second-order valence-electron chi connectivity index (χ2n) is 8.60. The van der Waals surface area contributed by atoms with E-state index in [9.17, 15) is 0 Å². The van der Waals surface area contributed by atoms with E-state index in [4.69, 9.17) is 17.0 Å². The predicted octanol–water partition coefficient (Wildman–Crippen LogP) is 8.46. The van der Waals surface area contributed by atoms with Crippen LogP contribution in [0, 0.1) is 12.1 Å². The van der Waals surface area contributed by atoms with E-state index in [1.165, 1.54) is 66.6 Å². The summed E-state index contributed by atoms with van der Waals surface area (Å²) in [5.74, 6) is 0. The van der Waals surface area contributed by atoms with Gasteiger partial charge in [-0.3, -0.25) is 0 Å². The third-order valence-corrected chi connectivity index (χ3v) is 6.76. The summed E-state index contributed by atoms with van der Waals surface area (Å²) in [5, 5.41) is 2.70. The molecule has 5 heteroatoms. The van der Waals surface area contributed by atoms with Crippen molar-refractivity contribution in [3.05, 3.63) is 119 Å². The Morgan fingerprint density at radius 2 is 1.03 bits per heavy atom. The van der Waals surface area contributed by atoms with E-state index in [-0.39, 0.29) is 0 Å². The molecule has 0 bridgehead atoms. The predicted molar refractivity (Wildman–Crippen MR) is 142 cm³/mol. The summed E-state index contributed by atoms with van der Waals surface area (Å²) in [6.07, 6.45) is 2.02. The minimum atomic E-state index is -0.826. The number of aromatic amines is 2. The normalized spacial score (nSPS) is 11.9. The molecule has 2 nitrogen and oxygen atoms in total. The number of rotatable bonds is 0. The molecule has 0 unspecified atom stereocenters. The van der Waals surface area contributed by atoms with Crippen molar-refractivity contribution in [3.8, 4) is 22.5 Å². The van der Waals surface area contributed by atoms with Crippen LogP contribution in [0.15, 0.2) is 84.9 Å². The zero-order valence-corrected chi connectivity index (χ0v) is 22.7. The number of hydrogen-bond donors (Lipinski definition) is 2. The van der Waals surface area contributed by atoms with Crippen LogP contribution in [0.1, 0.15) is 22.3 Å². The molecule has 0 spiro atoms. The third-order valence-electron chi connectivity index (χ3n) is 6.76. The molecule has 2 aromatic heterocycles. The maximum absolute atomic E-state index is 4.93. The molecule has 4 aromatic carbocycles. The molecule has 2 aliphatic rings. The summed E-state index contributed by atoms with van der Waals surface area (Å²) in [5.41, 5.74) is 13.2. The number of halogens is 2. The number of hydrogen-bond acceptors (Lipinski definition) is 0. The van der Waals surface area contributed by atoms with E-state index >= 15 is 0 Å². The van der Waals surface area contributed by atoms with E-state index in [1.54, 1.807) is 0 Å². The summed E-state index contributed by atoms with van der Waals surface area (Å²) in [6, 6.07) is 36.1. The summed E-state index contributed by atoms with van der Waals surface area (Å²) in [4.78, 5) is 7.02. The summed E-state index contributed by atoms with van der Waals surface area (Å²) < 4.78 is 0. The van der Waals surface area contributed by atoms with Crippen LogP contribution >= 0.6 is 17.0 Å². The monoisotopic (exact) mass is 568 g/mol. The molecule has 0 fully saturated rings. The Kier molecular flexibility index (Phi) is 6.41. The largest absolute Gasteiger partial charge is 0.365 e. The Labute approximate surface area is 223 Å². The Bertz CT molecular complexity index is 1540. The average Bonchev–Trinajstić information content (AvgIpc) is 3.63. The molecule has 168 valence electrons. The average molecular weight is 571 g/mol. The van der Waals surface area contributed by atoms with Crippen LogP contribution in [0.3, 0.4) is 0 Å². The van der Waals surface area contributed by atoms with Gasteiger partial charge in [-0.25, -0.2) is 0 Å². The van der Waals surface area contributed by atoms with E-state index in [1.807, 2.05) is 12.1 Å². The van der Waals surface area contributed by atoms with Crippen molar-refractivity contribution < 1.29 is 20.8 Å². The summed E-state index contributed by atoms with van der Waals surface area (Å²) >= 11 is -0.826. The Balaban J connectivity index is 0.000000118. The molecule has 0 aliphatic heterocycles. The van der Waals surface area contributed by atoms with Gasteiger partial charge in [-0.2, -0.15) is 48.5 Å². The van der Waals surface area contributed by atoms with Crippen LogP contribution in [0.25, 0.3) is 44.3 Å². The number of fused-ring (bicyclic) bond motifs is 10. The molecular formula is C30H20Cl2N2Zr. The van der Waals surface area contributed by atoms with Crippen molar-refractivity contribution >= 4 is 38.8 Å². The molecule has 0 saturated heterocycles. The van der Waals surface area contributed by atoms with Crippen LogP contribution in [-0.4, -0.2) is 9.97 Å². The Hall–Kier alpha value is -2.58. The number of H-pyrrole nitrogens is 2. The first-order valence-corrected chi connectivity index (χ1v) is 17.8. The van der Waals surface area contributed by atoms with Gasteiger partial charge in [0, 0.05) is 21.8 Å². The molecule has 8 rings (SSSR count). The van der Waals surface area contributed by atoms with Gasteiger partial charge >= 0.3 is 37.9 Å². The number of aromatic nitrogens is 2. The van der Waals surface area contributed by atoms with Crippen molar-refractivity contribution in [1.29, 1.82) is 0 Å². The van der Waals surface area contributed by atoms with Crippen LogP contribution in [0.5, 0.6) is 0 Å². The number of para-hydroxylation sites is 2. The zero-order valence-electron chi connectivity index (χ0n) is 18.8. The van der Waals surface area contributed by atoms with Crippen LogP contribution < -0.4 is 0 Å². The first-order valence-electron chi connectivity index (χ1n) is 11.4. The van der Waals surface area contributed by atoms with Crippen molar-refractivity contribution in [1.82, 2.24) is 9.97 Å². The van der Waals surface area contributed by atoms with Gasteiger partial charge < -0.3 is 9.97 Å². The molecule has 2 aliphatic carbocycles. The quantitative estimate of drug-likeness (QED) is 0.172. The topological polar surface area (TPSA) is 31.6 Å². The standard InChI is InChI=1S/2C15H10N.2ClH.Zr/c2*1-2-6-11-10(5-1)9-13-12-7-3-4-8-14(12)16-15(11)13;;;/h2*1-4,6-8,16H,9H2;2*1H;/q2*-1;;;+4/p-2. The van der Waals surface area contributed by atoms with Gasteiger partial charge in [0.15, 0.2) is 0 Å². The minimum Gasteiger partial charge on any atom is -0.365 e. The fourth-order valence-corrected chi connectivity index (χ4v) is 5.28. The van der Waals surface area contributed by atoms with Crippen molar-refractivity contribution in [3.63, 3.8) is 0 Å². The minimum absolute atomic E-state index is 0.826. The van der Waals surface area contributed by atoms with E-state index < -0.39 is 20.8 Å². The zero-order chi connectivity index (χ0) is 23.8. The first-order chi connectivity index (χ1) is 17.3. The molecule has 0 saturated carbocycles. The van der Waals surface area contributed by atoms with Gasteiger partial charge in [0.2, 0.25) is 0 Å². The molecule has 2 heterocycles. The van der Waals surface area contributed by atoms with Gasteiger partial charge in [0.05, 0.1) is 0 Å². The molecule has 35 heavy (non-hydrogen) atoms. The van der Waals surface area contributed by atoms with Crippen molar-refractivity contribution in [2.24, 2.45) is 0 Å². The van der Waals surface area contributed by atoms with Crippen molar-refractivity contribution in [2.75, 3.05) is 0 Å². The van der Waals surface area contributed by atoms with E-state index in [2.05, 4.69) is 94.9 Å². The summed E-state index contributed by atoms with van der Waals surface area (Å²) in [6.45, 7) is 0. The van der Waals surface area contributed by atoms with Gasteiger partial charge in [-0.1, -0.05) is 36.4 Å².